The Balaban J connectivity index is 1.25. The van der Waals surface area contributed by atoms with Crippen molar-refractivity contribution in [2.45, 2.75) is 69.9 Å². The Kier molecular flexibility index (Phi) is 7.36. The molecule has 1 aliphatic heterocycles. The molecule has 1 atom stereocenters. The SMILES string of the molecule is O=C(CN(CC1CCOC1)C1CC1)NCCCOC1CCCCC1. The molecule has 24 heavy (non-hydrogen) atoms. The Morgan fingerprint density at radius 2 is 1.96 bits per heavy atom. The normalized spacial score (nSPS) is 25.3. The summed E-state index contributed by atoms with van der Waals surface area (Å²) in [4.78, 5) is 14.6. The largest absolute Gasteiger partial charge is 0.381 e. The minimum Gasteiger partial charge on any atom is -0.381 e. The number of rotatable bonds is 10. The predicted molar refractivity (Wildman–Crippen MR) is 94.0 cm³/mol. The van der Waals surface area contributed by atoms with Crippen LogP contribution in [-0.4, -0.2) is 62.4 Å². The predicted octanol–water partition coefficient (Wildman–Crippen LogP) is 2.34. The molecule has 3 rings (SSSR count). The maximum atomic E-state index is 12.2. The van der Waals surface area contributed by atoms with E-state index in [0.29, 0.717) is 24.6 Å². The van der Waals surface area contributed by atoms with E-state index in [1.54, 1.807) is 0 Å². The molecule has 0 aromatic heterocycles. The van der Waals surface area contributed by atoms with E-state index >= 15 is 0 Å². The number of amides is 1. The van der Waals surface area contributed by atoms with Crippen LogP contribution in [0.3, 0.4) is 0 Å². The lowest BCUT2D eigenvalue weighted by Gasteiger charge is -2.24. The number of carbonyl (C=O) groups is 1. The Morgan fingerprint density at radius 3 is 2.67 bits per heavy atom. The van der Waals surface area contributed by atoms with Crippen molar-refractivity contribution >= 4 is 5.91 Å². The van der Waals surface area contributed by atoms with Gasteiger partial charge in [-0.2, -0.15) is 0 Å². The molecule has 3 aliphatic rings. The van der Waals surface area contributed by atoms with Crippen molar-refractivity contribution in [3.8, 4) is 0 Å². The molecule has 1 unspecified atom stereocenters. The Bertz CT molecular complexity index is 375. The summed E-state index contributed by atoms with van der Waals surface area (Å²) in [5.74, 6) is 0.778. The van der Waals surface area contributed by atoms with E-state index in [2.05, 4.69) is 10.2 Å². The average molecular weight is 338 g/mol. The quantitative estimate of drug-likeness (QED) is 0.621. The molecule has 0 spiro atoms. The van der Waals surface area contributed by atoms with Crippen LogP contribution in [0.4, 0.5) is 0 Å². The van der Waals surface area contributed by atoms with Crippen LogP contribution >= 0.6 is 0 Å². The van der Waals surface area contributed by atoms with Gasteiger partial charge in [-0.15, -0.1) is 0 Å². The van der Waals surface area contributed by atoms with Gasteiger partial charge < -0.3 is 14.8 Å². The minimum atomic E-state index is 0.165. The van der Waals surface area contributed by atoms with Crippen molar-refractivity contribution in [1.82, 2.24) is 10.2 Å². The summed E-state index contributed by atoms with van der Waals surface area (Å²) in [6.07, 6.45) is 11.4. The molecule has 0 radical (unpaired) electrons. The van der Waals surface area contributed by atoms with Crippen LogP contribution in [0.1, 0.15) is 57.8 Å². The van der Waals surface area contributed by atoms with Crippen molar-refractivity contribution in [3.63, 3.8) is 0 Å². The fourth-order valence-electron chi connectivity index (χ4n) is 3.86. The highest BCUT2D eigenvalue weighted by Gasteiger charge is 2.32. The van der Waals surface area contributed by atoms with Gasteiger partial charge in [0.2, 0.25) is 5.91 Å². The van der Waals surface area contributed by atoms with Gasteiger partial charge in [0.15, 0.2) is 0 Å². The molecule has 1 N–H and O–H groups in total. The number of nitrogens with one attached hydrogen (secondary N) is 1. The third-order valence-electron chi connectivity index (χ3n) is 5.48. The van der Waals surface area contributed by atoms with Gasteiger partial charge >= 0.3 is 0 Å². The first-order valence-electron chi connectivity index (χ1n) is 10.0. The van der Waals surface area contributed by atoms with Gasteiger partial charge in [0.1, 0.15) is 0 Å². The Hall–Kier alpha value is -0.650. The summed E-state index contributed by atoms with van der Waals surface area (Å²) in [5, 5.41) is 3.07. The zero-order valence-electron chi connectivity index (χ0n) is 15.0. The van der Waals surface area contributed by atoms with Crippen LogP contribution in [-0.2, 0) is 14.3 Å². The first kappa shape index (κ1) is 18.2. The van der Waals surface area contributed by atoms with Crippen molar-refractivity contribution in [2.24, 2.45) is 5.92 Å². The van der Waals surface area contributed by atoms with E-state index in [4.69, 9.17) is 9.47 Å². The first-order valence-corrected chi connectivity index (χ1v) is 10.0. The highest BCUT2D eigenvalue weighted by atomic mass is 16.5. The molecule has 2 aliphatic carbocycles. The molecule has 1 amide bonds. The van der Waals surface area contributed by atoms with E-state index in [1.165, 1.54) is 44.9 Å². The summed E-state index contributed by atoms with van der Waals surface area (Å²) >= 11 is 0. The fraction of sp³-hybridized carbons (Fsp3) is 0.947. The molecule has 0 aromatic carbocycles. The Labute approximate surface area is 146 Å². The fourth-order valence-corrected chi connectivity index (χ4v) is 3.86. The lowest BCUT2D eigenvalue weighted by atomic mass is 9.98. The smallest absolute Gasteiger partial charge is 0.234 e. The maximum Gasteiger partial charge on any atom is 0.234 e. The van der Waals surface area contributed by atoms with Crippen molar-refractivity contribution < 1.29 is 14.3 Å². The number of ether oxygens (including phenoxy) is 2. The highest BCUT2D eigenvalue weighted by Crippen LogP contribution is 2.28. The number of carbonyl (C=O) groups excluding carboxylic acids is 1. The average Bonchev–Trinajstić information content (AvgIpc) is 3.32. The molecule has 1 heterocycles. The lowest BCUT2D eigenvalue weighted by molar-refractivity contribution is -0.122. The zero-order chi connectivity index (χ0) is 16.6. The van der Waals surface area contributed by atoms with Gasteiger partial charge in [0.25, 0.3) is 0 Å². The van der Waals surface area contributed by atoms with E-state index in [9.17, 15) is 4.79 Å². The molecular weight excluding hydrogens is 304 g/mol. The van der Waals surface area contributed by atoms with Gasteiger partial charge in [0, 0.05) is 32.3 Å². The molecular formula is C19H34N2O3. The molecule has 0 bridgehead atoms. The summed E-state index contributed by atoms with van der Waals surface area (Å²) < 4.78 is 11.4. The molecule has 3 fully saturated rings. The van der Waals surface area contributed by atoms with Gasteiger partial charge in [-0.05, 0) is 44.4 Å². The zero-order valence-corrected chi connectivity index (χ0v) is 15.0. The molecule has 0 aromatic rings. The Morgan fingerprint density at radius 1 is 1.12 bits per heavy atom. The number of hydrogen-bond donors (Lipinski definition) is 1. The van der Waals surface area contributed by atoms with Gasteiger partial charge in [0.05, 0.1) is 19.3 Å². The number of hydrogen-bond acceptors (Lipinski definition) is 4. The van der Waals surface area contributed by atoms with Crippen LogP contribution in [0.5, 0.6) is 0 Å². The van der Waals surface area contributed by atoms with Gasteiger partial charge in [-0.3, -0.25) is 9.69 Å². The van der Waals surface area contributed by atoms with Crippen molar-refractivity contribution in [1.29, 1.82) is 0 Å². The second-order valence-electron chi connectivity index (χ2n) is 7.72. The van der Waals surface area contributed by atoms with E-state index in [-0.39, 0.29) is 5.91 Å². The summed E-state index contributed by atoms with van der Waals surface area (Å²) in [7, 11) is 0. The standard InChI is InChI=1S/C19H34N2O3/c22-19(20-10-4-11-24-18-5-2-1-3-6-18)14-21(17-7-8-17)13-16-9-12-23-15-16/h16-18H,1-15H2,(H,20,22). The summed E-state index contributed by atoms with van der Waals surface area (Å²) in [6, 6.07) is 0.631. The summed E-state index contributed by atoms with van der Waals surface area (Å²) in [6.45, 7) is 4.82. The molecule has 138 valence electrons. The topological polar surface area (TPSA) is 50.8 Å². The highest BCUT2D eigenvalue weighted by molar-refractivity contribution is 5.78. The van der Waals surface area contributed by atoms with E-state index < -0.39 is 0 Å². The van der Waals surface area contributed by atoms with Gasteiger partial charge in [-0.1, -0.05) is 19.3 Å². The van der Waals surface area contributed by atoms with Gasteiger partial charge in [-0.25, -0.2) is 0 Å². The van der Waals surface area contributed by atoms with Crippen LogP contribution < -0.4 is 5.32 Å². The van der Waals surface area contributed by atoms with Crippen LogP contribution in [0.25, 0.3) is 0 Å². The second kappa shape index (κ2) is 9.73. The molecule has 2 saturated carbocycles. The van der Waals surface area contributed by atoms with Crippen LogP contribution in [0.15, 0.2) is 0 Å². The minimum absolute atomic E-state index is 0.165. The molecule has 1 saturated heterocycles. The van der Waals surface area contributed by atoms with E-state index in [1.807, 2.05) is 0 Å². The van der Waals surface area contributed by atoms with Crippen LogP contribution in [0, 0.1) is 5.92 Å². The summed E-state index contributed by atoms with van der Waals surface area (Å²) in [5.41, 5.74) is 0. The molecule has 5 nitrogen and oxygen atoms in total. The lowest BCUT2D eigenvalue weighted by Crippen LogP contribution is -2.41. The third kappa shape index (κ3) is 6.34. The maximum absolute atomic E-state index is 12.2. The van der Waals surface area contributed by atoms with Crippen molar-refractivity contribution in [3.05, 3.63) is 0 Å². The van der Waals surface area contributed by atoms with Crippen LogP contribution in [0.2, 0.25) is 0 Å². The third-order valence-corrected chi connectivity index (χ3v) is 5.48. The number of nitrogens with zero attached hydrogens (tertiary/aromatic N) is 1. The van der Waals surface area contributed by atoms with E-state index in [0.717, 1.165) is 45.8 Å². The second-order valence-corrected chi connectivity index (χ2v) is 7.72. The van der Waals surface area contributed by atoms with Crippen molar-refractivity contribution in [2.75, 3.05) is 39.5 Å². The molecule has 5 heteroatoms. The first-order chi connectivity index (χ1) is 11.8. The monoisotopic (exact) mass is 338 g/mol.